The van der Waals surface area contributed by atoms with Gasteiger partial charge in [0, 0.05) is 26.1 Å². The first-order chi connectivity index (χ1) is 7.09. The highest BCUT2D eigenvalue weighted by Crippen LogP contribution is 2.04. The molecule has 1 rings (SSSR count). The van der Waals surface area contributed by atoms with Crippen LogP contribution in [0.2, 0.25) is 0 Å². The molecule has 1 aromatic heterocycles. The van der Waals surface area contributed by atoms with Crippen molar-refractivity contribution in [3.63, 3.8) is 0 Å². The third-order valence-corrected chi connectivity index (χ3v) is 1.94. The van der Waals surface area contributed by atoms with Gasteiger partial charge in [0.25, 0.3) is 5.56 Å². The van der Waals surface area contributed by atoms with E-state index in [0.29, 0.717) is 18.8 Å². The zero-order valence-corrected chi connectivity index (χ0v) is 8.43. The van der Waals surface area contributed by atoms with Crippen LogP contribution in [-0.4, -0.2) is 34.6 Å². The summed E-state index contributed by atoms with van der Waals surface area (Å²) in [7, 11) is 1.77. The molecular weight excluding hydrogens is 198 g/mol. The van der Waals surface area contributed by atoms with Crippen LogP contribution < -0.4 is 10.5 Å². The molecule has 6 nitrogen and oxygen atoms in total. The Morgan fingerprint density at radius 2 is 2.40 bits per heavy atom. The van der Waals surface area contributed by atoms with Crippen molar-refractivity contribution >= 4 is 11.8 Å². The summed E-state index contributed by atoms with van der Waals surface area (Å²) in [5, 5.41) is 8.45. The average molecular weight is 211 g/mol. The van der Waals surface area contributed by atoms with Crippen LogP contribution in [0.25, 0.3) is 0 Å². The maximum absolute atomic E-state index is 11.0. The van der Waals surface area contributed by atoms with E-state index >= 15 is 0 Å². The number of hydrogen-bond acceptors (Lipinski definition) is 4. The molecule has 0 aliphatic carbocycles. The van der Waals surface area contributed by atoms with Gasteiger partial charge >= 0.3 is 5.97 Å². The van der Waals surface area contributed by atoms with Crippen molar-refractivity contribution in [3.05, 3.63) is 22.7 Å². The molecule has 15 heavy (non-hydrogen) atoms. The lowest BCUT2D eigenvalue weighted by Gasteiger charge is -2.16. The van der Waals surface area contributed by atoms with Crippen molar-refractivity contribution in [2.24, 2.45) is 0 Å². The summed E-state index contributed by atoms with van der Waals surface area (Å²) in [5.41, 5.74) is -0.218. The lowest BCUT2D eigenvalue weighted by atomic mass is 10.3. The molecule has 0 aromatic carbocycles. The Morgan fingerprint density at radius 3 is 3.00 bits per heavy atom. The number of aromatic nitrogens is 2. The summed E-state index contributed by atoms with van der Waals surface area (Å²) in [4.78, 5) is 29.4. The fourth-order valence-corrected chi connectivity index (χ4v) is 1.15. The van der Waals surface area contributed by atoms with E-state index in [1.165, 1.54) is 12.4 Å². The number of anilines is 1. The standard InChI is InChI=1S/C9H13N3O3/c1-12(4-2-3-9(14)15)7-5-8(13)11-6-10-7/h5-6H,2-4H2,1H3,(H,14,15)(H,10,11,13). The SMILES string of the molecule is CN(CCCC(=O)O)c1cc(=O)[nH]cn1. The summed E-state index contributed by atoms with van der Waals surface area (Å²) in [5.74, 6) is -0.272. The first kappa shape index (κ1) is 11.2. The fraction of sp³-hybridized carbons (Fsp3) is 0.444. The van der Waals surface area contributed by atoms with Gasteiger partial charge < -0.3 is 15.0 Å². The van der Waals surface area contributed by atoms with Crippen LogP contribution in [0.15, 0.2) is 17.2 Å². The number of aromatic amines is 1. The van der Waals surface area contributed by atoms with Crippen molar-refractivity contribution in [1.29, 1.82) is 0 Å². The van der Waals surface area contributed by atoms with Gasteiger partial charge in [0.2, 0.25) is 0 Å². The molecule has 0 aliphatic heterocycles. The molecule has 0 fully saturated rings. The average Bonchev–Trinajstić information content (AvgIpc) is 2.17. The summed E-state index contributed by atoms with van der Waals surface area (Å²) in [6, 6.07) is 1.38. The van der Waals surface area contributed by atoms with Crippen molar-refractivity contribution in [3.8, 4) is 0 Å². The molecule has 0 saturated heterocycles. The predicted molar refractivity (Wildman–Crippen MR) is 55.0 cm³/mol. The normalized spacial score (nSPS) is 9.93. The quantitative estimate of drug-likeness (QED) is 0.719. The number of nitrogens with zero attached hydrogens (tertiary/aromatic N) is 2. The molecule has 0 atom stereocenters. The van der Waals surface area contributed by atoms with E-state index in [2.05, 4.69) is 9.97 Å². The Hall–Kier alpha value is -1.85. The molecule has 0 radical (unpaired) electrons. The first-order valence-corrected chi connectivity index (χ1v) is 4.57. The van der Waals surface area contributed by atoms with Crippen LogP contribution >= 0.6 is 0 Å². The van der Waals surface area contributed by atoms with Gasteiger partial charge in [-0.3, -0.25) is 9.59 Å². The topological polar surface area (TPSA) is 86.3 Å². The molecule has 0 aliphatic rings. The highest BCUT2D eigenvalue weighted by molar-refractivity contribution is 5.66. The Bertz CT molecular complexity index is 388. The lowest BCUT2D eigenvalue weighted by molar-refractivity contribution is -0.137. The number of hydrogen-bond donors (Lipinski definition) is 2. The number of aliphatic carboxylic acids is 1. The van der Waals surface area contributed by atoms with Gasteiger partial charge in [-0.05, 0) is 6.42 Å². The van der Waals surface area contributed by atoms with Crippen LogP contribution in [0.5, 0.6) is 0 Å². The van der Waals surface area contributed by atoms with E-state index < -0.39 is 5.97 Å². The number of rotatable bonds is 5. The molecule has 0 saturated carbocycles. The summed E-state index contributed by atoms with van der Waals surface area (Å²) in [6.07, 6.45) is 1.97. The zero-order chi connectivity index (χ0) is 11.3. The summed E-state index contributed by atoms with van der Waals surface area (Å²) >= 11 is 0. The van der Waals surface area contributed by atoms with Crippen LogP contribution in [0.4, 0.5) is 5.82 Å². The Morgan fingerprint density at radius 1 is 1.67 bits per heavy atom. The maximum Gasteiger partial charge on any atom is 0.303 e. The van der Waals surface area contributed by atoms with Crippen molar-refractivity contribution < 1.29 is 9.90 Å². The highest BCUT2D eigenvalue weighted by Gasteiger charge is 2.03. The van der Waals surface area contributed by atoms with Crippen molar-refractivity contribution in [2.45, 2.75) is 12.8 Å². The van der Waals surface area contributed by atoms with Crippen LogP contribution in [0, 0.1) is 0 Å². The monoisotopic (exact) mass is 211 g/mol. The number of carboxylic acids is 1. The van der Waals surface area contributed by atoms with Gasteiger partial charge in [-0.2, -0.15) is 0 Å². The lowest BCUT2D eigenvalue weighted by Crippen LogP contribution is -2.22. The molecule has 1 heterocycles. The molecule has 0 spiro atoms. The first-order valence-electron chi connectivity index (χ1n) is 4.57. The van der Waals surface area contributed by atoms with E-state index in [9.17, 15) is 9.59 Å². The second-order valence-electron chi connectivity index (χ2n) is 3.19. The molecule has 82 valence electrons. The second kappa shape index (κ2) is 5.14. The van der Waals surface area contributed by atoms with Crippen molar-refractivity contribution in [1.82, 2.24) is 9.97 Å². The molecule has 1 aromatic rings. The minimum atomic E-state index is -0.817. The molecule has 0 unspecified atom stereocenters. The van der Waals surface area contributed by atoms with Gasteiger partial charge in [-0.15, -0.1) is 0 Å². The highest BCUT2D eigenvalue weighted by atomic mass is 16.4. The minimum Gasteiger partial charge on any atom is -0.481 e. The fourth-order valence-electron chi connectivity index (χ4n) is 1.15. The van der Waals surface area contributed by atoms with Crippen LogP contribution in [0.3, 0.4) is 0 Å². The van der Waals surface area contributed by atoms with Crippen LogP contribution in [0.1, 0.15) is 12.8 Å². The molecule has 2 N–H and O–H groups in total. The van der Waals surface area contributed by atoms with Gasteiger partial charge in [0.15, 0.2) is 0 Å². The third-order valence-electron chi connectivity index (χ3n) is 1.94. The molecular formula is C9H13N3O3. The van der Waals surface area contributed by atoms with E-state index in [0.717, 1.165) is 0 Å². The molecule has 0 amide bonds. The minimum absolute atomic E-state index is 0.119. The summed E-state index contributed by atoms with van der Waals surface area (Å²) in [6.45, 7) is 0.558. The maximum atomic E-state index is 11.0. The zero-order valence-electron chi connectivity index (χ0n) is 8.43. The largest absolute Gasteiger partial charge is 0.481 e. The molecule has 0 bridgehead atoms. The predicted octanol–water partition coefficient (Wildman–Crippen LogP) is 0.0709. The Labute approximate surface area is 86.6 Å². The van der Waals surface area contributed by atoms with Gasteiger partial charge in [0.05, 0.1) is 6.33 Å². The third kappa shape index (κ3) is 3.80. The second-order valence-corrected chi connectivity index (χ2v) is 3.19. The Kier molecular flexibility index (Phi) is 3.84. The Balaban J connectivity index is 2.50. The van der Waals surface area contributed by atoms with Crippen LogP contribution in [-0.2, 0) is 4.79 Å². The molecule has 6 heteroatoms. The van der Waals surface area contributed by atoms with E-state index in [4.69, 9.17) is 5.11 Å². The number of H-pyrrole nitrogens is 1. The number of nitrogens with one attached hydrogen (secondary N) is 1. The number of carbonyl (C=O) groups is 1. The van der Waals surface area contributed by atoms with E-state index in [1.807, 2.05) is 0 Å². The van der Waals surface area contributed by atoms with Gasteiger partial charge in [-0.25, -0.2) is 4.98 Å². The van der Waals surface area contributed by atoms with Crippen molar-refractivity contribution in [2.75, 3.05) is 18.5 Å². The summed E-state index contributed by atoms with van der Waals surface area (Å²) < 4.78 is 0. The smallest absolute Gasteiger partial charge is 0.303 e. The van der Waals surface area contributed by atoms with Gasteiger partial charge in [0.1, 0.15) is 5.82 Å². The van der Waals surface area contributed by atoms with E-state index in [-0.39, 0.29) is 12.0 Å². The van der Waals surface area contributed by atoms with Gasteiger partial charge in [-0.1, -0.05) is 0 Å². The van der Waals surface area contributed by atoms with E-state index in [1.54, 1.807) is 11.9 Å². The number of carboxylic acid groups (broad SMARTS) is 1.